The normalized spacial score (nSPS) is 13.6. The first kappa shape index (κ1) is 25.7. The average Bonchev–Trinajstić information content (AvgIpc) is 3.31. The van der Waals surface area contributed by atoms with Crippen molar-refractivity contribution in [3.8, 4) is 68.3 Å². The molecule has 7 aromatic rings. The molecule has 0 saturated heterocycles. The van der Waals surface area contributed by atoms with E-state index in [4.69, 9.17) is 24.4 Å². The molecule has 0 radical (unpaired) electrons. The van der Waals surface area contributed by atoms with Crippen molar-refractivity contribution >= 4 is 10.8 Å². The number of ether oxygens (including phenoxy) is 2. The minimum atomic E-state index is -0.119. The summed E-state index contributed by atoms with van der Waals surface area (Å²) in [5, 5.41) is 2.30. The summed E-state index contributed by atoms with van der Waals surface area (Å²) < 4.78 is 13.0. The van der Waals surface area contributed by atoms with Crippen LogP contribution in [0.2, 0.25) is 0 Å². The lowest BCUT2D eigenvalue weighted by Crippen LogP contribution is -2.15. The monoisotopic (exact) mass is 581 g/mol. The highest BCUT2D eigenvalue weighted by molar-refractivity contribution is 5.87. The number of benzene rings is 6. The lowest BCUT2D eigenvalue weighted by Gasteiger charge is -2.25. The van der Waals surface area contributed by atoms with Crippen molar-refractivity contribution in [1.82, 2.24) is 15.0 Å². The van der Waals surface area contributed by atoms with Gasteiger partial charge in [0.1, 0.15) is 0 Å². The van der Waals surface area contributed by atoms with Crippen molar-refractivity contribution in [3.63, 3.8) is 0 Å². The molecule has 0 amide bonds. The topological polar surface area (TPSA) is 57.1 Å². The predicted molar refractivity (Wildman–Crippen MR) is 178 cm³/mol. The maximum absolute atomic E-state index is 6.53. The predicted octanol–water partition coefficient (Wildman–Crippen LogP) is 10.2. The standard InChI is InChI=1S/C40H27N3O2/c1-40(2)31-15-9-8-14-29(31)30-22-35-36(23-32(30)40)44-33-19-18-28(21-34(33)45-35)39-42-37(25-11-4-3-5-12-25)41-38(43-39)27-17-16-24-10-6-7-13-26(24)20-27/h3-23H,1-2H3. The Morgan fingerprint density at radius 2 is 1.02 bits per heavy atom. The van der Waals surface area contributed by atoms with Crippen LogP contribution in [0.15, 0.2) is 127 Å². The molecule has 5 heteroatoms. The van der Waals surface area contributed by atoms with E-state index in [1.54, 1.807) is 0 Å². The molecule has 2 heterocycles. The fourth-order valence-electron chi connectivity index (χ4n) is 6.59. The lowest BCUT2D eigenvalue weighted by molar-refractivity contribution is 0.359. The van der Waals surface area contributed by atoms with Crippen molar-refractivity contribution in [2.75, 3.05) is 0 Å². The van der Waals surface area contributed by atoms with Crippen molar-refractivity contribution in [3.05, 3.63) is 139 Å². The SMILES string of the molecule is CC1(C)c2ccccc2-c2cc3c(cc21)Oc1ccc(-c2nc(-c4ccccc4)nc(-c4ccc5ccccc5c4)n2)cc1O3. The molecular weight excluding hydrogens is 554 g/mol. The highest BCUT2D eigenvalue weighted by Crippen LogP contribution is 2.55. The number of rotatable bonds is 3. The molecule has 2 aliphatic rings. The molecule has 0 fully saturated rings. The molecule has 0 N–H and O–H groups in total. The van der Waals surface area contributed by atoms with E-state index in [-0.39, 0.29) is 5.41 Å². The van der Waals surface area contributed by atoms with Crippen LogP contribution in [-0.2, 0) is 5.41 Å². The number of fused-ring (bicyclic) bond motifs is 6. The minimum Gasteiger partial charge on any atom is -0.450 e. The van der Waals surface area contributed by atoms with Gasteiger partial charge in [0.25, 0.3) is 0 Å². The molecule has 1 aliphatic heterocycles. The molecule has 9 rings (SSSR count). The van der Waals surface area contributed by atoms with Crippen molar-refractivity contribution in [2.24, 2.45) is 0 Å². The van der Waals surface area contributed by atoms with Gasteiger partial charge in [-0.1, -0.05) is 105 Å². The zero-order valence-corrected chi connectivity index (χ0v) is 24.8. The van der Waals surface area contributed by atoms with Gasteiger partial charge in [-0.05, 0) is 69.4 Å². The summed E-state index contributed by atoms with van der Waals surface area (Å²) in [4.78, 5) is 14.8. The Morgan fingerprint density at radius 1 is 0.422 bits per heavy atom. The molecule has 0 atom stereocenters. The van der Waals surface area contributed by atoms with Crippen LogP contribution < -0.4 is 9.47 Å². The third-order valence-electron chi connectivity index (χ3n) is 8.96. The van der Waals surface area contributed by atoms with E-state index < -0.39 is 0 Å². The fourth-order valence-corrected chi connectivity index (χ4v) is 6.59. The lowest BCUT2D eigenvalue weighted by atomic mass is 9.82. The van der Waals surface area contributed by atoms with E-state index >= 15 is 0 Å². The van der Waals surface area contributed by atoms with Gasteiger partial charge in [-0.3, -0.25) is 0 Å². The Kier molecular flexibility index (Phi) is 5.47. The second-order valence-corrected chi connectivity index (χ2v) is 12.1. The fraction of sp³-hybridized carbons (Fsp3) is 0.0750. The summed E-state index contributed by atoms with van der Waals surface area (Å²) in [6, 6.07) is 43.3. The van der Waals surface area contributed by atoms with Gasteiger partial charge < -0.3 is 9.47 Å². The van der Waals surface area contributed by atoms with Gasteiger partial charge in [-0.2, -0.15) is 0 Å². The highest BCUT2D eigenvalue weighted by Gasteiger charge is 2.37. The van der Waals surface area contributed by atoms with Crippen molar-refractivity contribution in [1.29, 1.82) is 0 Å². The second kappa shape index (κ2) is 9.60. The van der Waals surface area contributed by atoms with Crippen LogP contribution >= 0.6 is 0 Å². The molecule has 0 saturated carbocycles. The summed E-state index contributed by atoms with van der Waals surface area (Å²) in [6.07, 6.45) is 0. The Labute approximate surface area is 260 Å². The van der Waals surface area contributed by atoms with Crippen LogP contribution in [0.1, 0.15) is 25.0 Å². The molecule has 1 aromatic heterocycles. The average molecular weight is 582 g/mol. The van der Waals surface area contributed by atoms with Gasteiger partial charge in [0.15, 0.2) is 40.5 Å². The van der Waals surface area contributed by atoms with Gasteiger partial charge in [-0.25, -0.2) is 15.0 Å². The first-order chi connectivity index (χ1) is 22.0. The summed E-state index contributed by atoms with van der Waals surface area (Å²) in [5.74, 6) is 4.49. The molecule has 5 nitrogen and oxygen atoms in total. The van der Waals surface area contributed by atoms with Crippen molar-refractivity contribution < 1.29 is 9.47 Å². The Hall–Kier alpha value is -5.81. The smallest absolute Gasteiger partial charge is 0.170 e. The summed E-state index contributed by atoms with van der Waals surface area (Å²) >= 11 is 0. The van der Waals surface area contributed by atoms with E-state index in [1.165, 1.54) is 27.6 Å². The zero-order valence-electron chi connectivity index (χ0n) is 24.8. The minimum absolute atomic E-state index is 0.119. The van der Waals surface area contributed by atoms with Crippen LogP contribution in [0.4, 0.5) is 0 Å². The first-order valence-electron chi connectivity index (χ1n) is 15.1. The van der Waals surface area contributed by atoms with E-state index in [1.807, 2.05) is 60.7 Å². The van der Waals surface area contributed by atoms with E-state index in [9.17, 15) is 0 Å². The van der Waals surface area contributed by atoms with Crippen LogP contribution in [0.25, 0.3) is 56.1 Å². The Morgan fingerprint density at radius 3 is 1.84 bits per heavy atom. The number of hydrogen-bond acceptors (Lipinski definition) is 5. The second-order valence-electron chi connectivity index (χ2n) is 12.1. The molecule has 45 heavy (non-hydrogen) atoms. The first-order valence-corrected chi connectivity index (χ1v) is 15.1. The molecular formula is C40H27N3O2. The highest BCUT2D eigenvalue weighted by atomic mass is 16.6. The zero-order chi connectivity index (χ0) is 30.1. The molecule has 0 spiro atoms. The van der Waals surface area contributed by atoms with Crippen LogP contribution in [0.5, 0.6) is 23.0 Å². The number of aromatic nitrogens is 3. The van der Waals surface area contributed by atoms with E-state index in [0.717, 1.165) is 27.8 Å². The third kappa shape index (κ3) is 4.12. The van der Waals surface area contributed by atoms with Crippen LogP contribution in [-0.4, -0.2) is 15.0 Å². The maximum atomic E-state index is 6.53. The van der Waals surface area contributed by atoms with E-state index in [0.29, 0.717) is 34.7 Å². The maximum Gasteiger partial charge on any atom is 0.170 e. The number of nitrogens with zero attached hydrogens (tertiary/aromatic N) is 3. The van der Waals surface area contributed by atoms with Gasteiger partial charge >= 0.3 is 0 Å². The number of hydrogen-bond donors (Lipinski definition) is 0. The summed E-state index contributed by atoms with van der Waals surface area (Å²) in [5.41, 5.74) is 7.52. The molecule has 1 aliphatic carbocycles. The largest absolute Gasteiger partial charge is 0.450 e. The quantitative estimate of drug-likeness (QED) is 0.208. The van der Waals surface area contributed by atoms with Crippen LogP contribution in [0.3, 0.4) is 0 Å². The van der Waals surface area contributed by atoms with Crippen LogP contribution in [0, 0.1) is 0 Å². The van der Waals surface area contributed by atoms with Gasteiger partial charge in [0.05, 0.1) is 0 Å². The molecule has 0 bridgehead atoms. The van der Waals surface area contributed by atoms with E-state index in [2.05, 4.69) is 80.6 Å². The summed E-state index contributed by atoms with van der Waals surface area (Å²) in [7, 11) is 0. The third-order valence-corrected chi connectivity index (χ3v) is 8.96. The molecule has 0 unspecified atom stereocenters. The summed E-state index contributed by atoms with van der Waals surface area (Å²) in [6.45, 7) is 4.52. The van der Waals surface area contributed by atoms with Crippen molar-refractivity contribution in [2.45, 2.75) is 19.3 Å². The molecule has 214 valence electrons. The van der Waals surface area contributed by atoms with Gasteiger partial charge in [0, 0.05) is 22.1 Å². The Balaban J connectivity index is 1.14. The van der Waals surface area contributed by atoms with Gasteiger partial charge in [-0.15, -0.1) is 0 Å². The Bertz CT molecular complexity index is 2310. The molecule has 6 aromatic carbocycles. The van der Waals surface area contributed by atoms with Gasteiger partial charge in [0.2, 0.25) is 0 Å².